The van der Waals surface area contributed by atoms with Gasteiger partial charge < -0.3 is 10.0 Å². The molecule has 0 saturated carbocycles. The lowest BCUT2D eigenvalue weighted by molar-refractivity contribution is 0.0980. The standard InChI is InChI=1S/C19H27N3O4S/c1-13-7-6-8-16(20-13)22-19(9-10-21(17(23)24)14(2)11-19)12-15(18(3,4)5)27(22,25)26/h6-8,12,14H,9-11H2,1-5H3,(H,23,24)/t14-,19-/m0/s1. The molecule has 0 aromatic carbocycles. The molecule has 1 amide bonds. The first-order chi connectivity index (χ1) is 12.4. The summed E-state index contributed by atoms with van der Waals surface area (Å²) in [6, 6.07) is 5.03. The summed E-state index contributed by atoms with van der Waals surface area (Å²) in [5.41, 5.74) is -0.622. The van der Waals surface area contributed by atoms with Crippen molar-refractivity contribution in [2.24, 2.45) is 5.41 Å². The van der Waals surface area contributed by atoms with Crippen LogP contribution in [0.2, 0.25) is 0 Å². The number of carbonyl (C=O) groups is 1. The third-order valence-corrected chi connectivity index (χ3v) is 7.67. The van der Waals surface area contributed by atoms with E-state index in [9.17, 15) is 18.3 Å². The Morgan fingerprint density at radius 2 is 2.00 bits per heavy atom. The Morgan fingerprint density at radius 1 is 1.33 bits per heavy atom. The Kier molecular flexibility index (Phi) is 4.53. The third kappa shape index (κ3) is 3.20. The molecule has 1 spiro atoms. The minimum Gasteiger partial charge on any atom is -0.465 e. The number of likely N-dealkylation sites (tertiary alicyclic amines) is 1. The topological polar surface area (TPSA) is 90.8 Å². The monoisotopic (exact) mass is 393 g/mol. The van der Waals surface area contributed by atoms with Gasteiger partial charge in [0, 0.05) is 18.3 Å². The molecular formula is C19H27N3O4S. The van der Waals surface area contributed by atoms with Crippen LogP contribution in [-0.2, 0) is 10.0 Å². The van der Waals surface area contributed by atoms with E-state index in [0.717, 1.165) is 5.69 Å². The van der Waals surface area contributed by atoms with Gasteiger partial charge in [-0.2, -0.15) is 0 Å². The first-order valence-electron chi connectivity index (χ1n) is 9.10. The number of aromatic nitrogens is 1. The van der Waals surface area contributed by atoms with Gasteiger partial charge in [-0.05, 0) is 50.3 Å². The number of hydrogen-bond donors (Lipinski definition) is 1. The van der Waals surface area contributed by atoms with Crippen molar-refractivity contribution in [1.29, 1.82) is 0 Å². The number of pyridine rings is 1. The average Bonchev–Trinajstić information content (AvgIpc) is 2.74. The molecule has 2 aliphatic heterocycles. The molecule has 8 heteroatoms. The van der Waals surface area contributed by atoms with Gasteiger partial charge in [0.1, 0.15) is 5.82 Å². The number of aryl methyl sites for hydroxylation is 1. The summed E-state index contributed by atoms with van der Waals surface area (Å²) >= 11 is 0. The first kappa shape index (κ1) is 19.7. The SMILES string of the molecule is Cc1cccc(N2[C@@]3(C=C(C(C)(C)C)S2(=O)=O)CCN(C(=O)O)[C@@H](C)C3)n1. The number of nitrogens with zero attached hydrogens (tertiary/aromatic N) is 3. The predicted octanol–water partition coefficient (Wildman–Crippen LogP) is 3.37. The Balaban J connectivity index is 2.17. The van der Waals surface area contributed by atoms with Crippen LogP contribution in [0.15, 0.2) is 29.2 Å². The molecule has 0 bridgehead atoms. The molecule has 1 aromatic rings. The molecule has 1 aromatic heterocycles. The lowest BCUT2D eigenvalue weighted by atomic mass is 9.81. The quantitative estimate of drug-likeness (QED) is 0.790. The van der Waals surface area contributed by atoms with Gasteiger partial charge in [-0.3, -0.25) is 0 Å². The highest BCUT2D eigenvalue weighted by Gasteiger charge is 2.55. The number of sulfonamides is 1. The van der Waals surface area contributed by atoms with Crippen LogP contribution in [0, 0.1) is 12.3 Å². The van der Waals surface area contributed by atoms with Crippen molar-refractivity contribution in [3.05, 3.63) is 34.9 Å². The van der Waals surface area contributed by atoms with Crippen molar-refractivity contribution >= 4 is 21.9 Å². The van der Waals surface area contributed by atoms with E-state index in [1.54, 1.807) is 12.1 Å². The van der Waals surface area contributed by atoms with E-state index in [1.807, 2.05) is 46.8 Å². The van der Waals surface area contributed by atoms with Crippen LogP contribution in [0.3, 0.4) is 0 Å². The van der Waals surface area contributed by atoms with Crippen LogP contribution < -0.4 is 4.31 Å². The number of anilines is 1. The van der Waals surface area contributed by atoms with Crippen LogP contribution in [0.5, 0.6) is 0 Å². The maximum Gasteiger partial charge on any atom is 0.407 e. The summed E-state index contributed by atoms with van der Waals surface area (Å²) in [5.74, 6) is 0.390. The third-order valence-electron chi connectivity index (χ3n) is 5.36. The fourth-order valence-corrected chi connectivity index (χ4v) is 6.55. The second-order valence-electron chi connectivity index (χ2n) is 8.55. The molecule has 0 unspecified atom stereocenters. The molecule has 3 heterocycles. The summed E-state index contributed by atoms with van der Waals surface area (Å²) in [6.07, 6.45) is 1.67. The lowest BCUT2D eigenvalue weighted by Crippen LogP contribution is -2.57. The first-order valence-corrected chi connectivity index (χ1v) is 10.5. The van der Waals surface area contributed by atoms with Gasteiger partial charge in [0.25, 0.3) is 10.0 Å². The van der Waals surface area contributed by atoms with E-state index in [1.165, 1.54) is 9.21 Å². The van der Waals surface area contributed by atoms with Crippen molar-refractivity contribution < 1.29 is 18.3 Å². The molecule has 1 N–H and O–H groups in total. The van der Waals surface area contributed by atoms with Crippen LogP contribution in [0.1, 0.15) is 46.2 Å². The second-order valence-corrected chi connectivity index (χ2v) is 10.3. The lowest BCUT2D eigenvalue weighted by Gasteiger charge is -2.45. The maximum absolute atomic E-state index is 13.5. The van der Waals surface area contributed by atoms with Crippen molar-refractivity contribution in [2.45, 2.75) is 59.0 Å². The molecule has 148 valence electrons. The average molecular weight is 394 g/mol. The summed E-state index contributed by atoms with van der Waals surface area (Å²) in [6.45, 7) is 9.58. The molecule has 7 nitrogen and oxygen atoms in total. The van der Waals surface area contributed by atoms with Gasteiger partial charge in [0.2, 0.25) is 0 Å². The van der Waals surface area contributed by atoms with Crippen molar-refractivity contribution in [3.8, 4) is 0 Å². The summed E-state index contributed by atoms with van der Waals surface area (Å²) in [5, 5.41) is 9.41. The minimum atomic E-state index is -3.76. The van der Waals surface area contributed by atoms with E-state index in [0.29, 0.717) is 23.6 Å². The number of rotatable bonds is 1. The zero-order valence-corrected chi connectivity index (χ0v) is 17.2. The summed E-state index contributed by atoms with van der Waals surface area (Å²) in [7, 11) is -3.76. The molecule has 1 saturated heterocycles. The van der Waals surface area contributed by atoms with Gasteiger partial charge in [-0.15, -0.1) is 0 Å². The Bertz CT molecular complexity index is 904. The Morgan fingerprint density at radius 3 is 2.52 bits per heavy atom. The second kappa shape index (κ2) is 6.22. The zero-order chi connectivity index (χ0) is 20.2. The van der Waals surface area contributed by atoms with Gasteiger partial charge in [0.05, 0.1) is 10.4 Å². The molecule has 0 aliphatic carbocycles. The molecule has 0 radical (unpaired) electrons. The van der Waals surface area contributed by atoms with Crippen LogP contribution in [-0.4, -0.2) is 47.6 Å². The van der Waals surface area contributed by atoms with E-state index in [4.69, 9.17) is 0 Å². The van der Waals surface area contributed by atoms with E-state index >= 15 is 0 Å². The summed E-state index contributed by atoms with van der Waals surface area (Å²) in [4.78, 5) is 17.7. The molecule has 3 rings (SSSR count). The molecule has 2 atom stereocenters. The molecular weight excluding hydrogens is 366 g/mol. The normalized spacial score (nSPS) is 27.7. The number of amides is 1. The predicted molar refractivity (Wildman–Crippen MR) is 104 cm³/mol. The van der Waals surface area contributed by atoms with Crippen molar-refractivity contribution in [2.75, 3.05) is 10.8 Å². The van der Waals surface area contributed by atoms with E-state index < -0.39 is 27.1 Å². The Labute approximate surface area is 160 Å². The highest BCUT2D eigenvalue weighted by molar-refractivity contribution is 7.97. The highest BCUT2D eigenvalue weighted by Crippen LogP contribution is 2.49. The fourth-order valence-electron chi connectivity index (χ4n) is 4.17. The number of piperidine rings is 1. The zero-order valence-electron chi connectivity index (χ0n) is 16.4. The smallest absolute Gasteiger partial charge is 0.407 e. The van der Waals surface area contributed by atoms with Gasteiger partial charge in [-0.25, -0.2) is 22.5 Å². The Hall–Kier alpha value is -2.09. The number of hydrogen-bond acceptors (Lipinski definition) is 4. The van der Waals surface area contributed by atoms with Gasteiger partial charge >= 0.3 is 6.09 Å². The van der Waals surface area contributed by atoms with E-state index in [-0.39, 0.29) is 12.6 Å². The highest BCUT2D eigenvalue weighted by atomic mass is 32.2. The van der Waals surface area contributed by atoms with Crippen LogP contribution in [0.4, 0.5) is 10.6 Å². The van der Waals surface area contributed by atoms with Crippen LogP contribution in [0.25, 0.3) is 0 Å². The number of allylic oxidation sites excluding steroid dienone is 1. The van der Waals surface area contributed by atoms with Crippen molar-refractivity contribution in [3.63, 3.8) is 0 Å². The fraction of sp³-hybridized carbons (Fsp3) is 0.579. The van der Waals surface area contributed by atoms with Gasteiger partial charge in [0.15, 0.2) is 0 Å². The van der Waals surface area contributed by atoms with Crippen LogP contribution >= 0.6 is 0 Å². The number of carboxylic acid groups (broad SMARTS) is 1. The van der Waals surface area contributed by atoms with Gasteiger partial charge in [-0.1, -0.05) is 26.8 Å². The largest absolute Gasteiger partial charge is 0.465 e. The maximum atomic E-state index is 13.5. The van der Waals surface area contributed by atoms with E-state index in [2.05, 4.69) is 4.98 Å². The minimum absolute atomic E-state index is 0.280. The molecule has 27 heavy (non-hydrogen) atoms. The van der Waals surface area contributed by atoms with Crippen molar-refractivity contribution in [1.82, 2.24) is 9.88 Å². The molecule has 2 aliphatic rings. The molecule has 1 fully saturated rings. The summed E-state index contributed by atoms with van der Waals surface area (Å²) < 4.78 is 28.5.